The molecule has 1 aliphatic heterocycles. The Morgan fingerprint density at radius 1 is 1.50 bits per heavy atom. The number of carbonyl (C=O) groups is 1. The second-order valence-electron chi connectivity index (χ2n) is 4.83. The number of anilines is 1. The first kappa shape index (κ1) is 14.6. The van der Waals surface area contributed by atoms with Crippen LogP contribution in [0.5, 0.6) is 0 Å². The van der Waals surface area contributed by atoms with Gasteiger partial charge < -0.3 is 15.2 Å². The first-order chi connectivity index (χ1) is 9.59. The van der Waals surface area contributed by atoms with E-state index in [2.05, 4.69) is 5.32 Å². The number of aliphatic carboxylic acids is 1. The summed E-state index contributed by atoms with van der Waals surface area (Å²) in [6, 6.07) is 7.11. The molecule has 5 nitrogen and oxygen atoms in total. The lowest BCUT2D eigenvalue weighted by Gasteiger charge is -2.33. The minimum absolute atomic E-state index is 0.251. The monoisotopic (exact) mass is 294 g/mol. The highest BCUT2D eigenvalue weighted by atomic mass is 35.5. The molecule has 2 rings (SSSR count). The number of halogens is 1. The molecule has 0 saturated carbocycles. The van der Waals surface area contributed by atoms with Crippen molar-refractivity contribution >= 4 is 23.3 Å². The van der Waals surface area contributed by atoms with E-state index in [9.17, 15) is 9.90 Å². The lowest BCUT2D eigenvalue weighted by molar-refractivity contribution is -0.153. The zero-order valence-corrected chi connectivity index (χ0v) is 11.6. The molecule has 1 aliphatic rings. The fourth-order valence-corrected chi connectivity index (χ4v) is 2.49. The van der Waals surface area contributed by atoms with Crippen molar-refractivity contribution in [2.75, 3.05) is 25.1 Å². The lowest BCUT2D eigenvalue weighted by Crippen LogP contribution is -2.42. The summed E-state index contributed by atoms with van der Waals surface area (Å²) in [5.74, 6) is -0.839. The molecule has 6 heteroatoms. The highest BCUT2D eigenvalue weighted by Crippen LogP contribution is 2.32. The van der Waals surface area contributed by atoms with Gasteiger partial charge in [0, 0.05) is 19.8 Å². The zero-order valence-electron chi connectivity index (χ0n) is 10.9. The van der Waals surface area contributed by atoms with Gasteiger partial charge in [0.2, 0.25) is 0 Å². The van der Waals surface area contributed by atoms with E-state index in [1.807, 2.05) is 6.07 Å². The maximum Gasteiger partial charge on any atom is 0.311 e. The summed E-state index contributed by atoms with van der Waals surface area (Å²) >= 11 is 5.95. The summed E-state index contributed by atoms with van der Waals surface area (Å²) in [6.45, 7) is 1.13. The van der Waals surface area contributed by atoms with Crippen LogP contribution in [0.3, 0.4) is 0 Å². The Bertz CT molecular complexity index is 548. The van der Waals surface area contributed by atoms with Crippen molar-refractivity contribution in [3.05, 3.63) is 28.8 Å². The Balaban J connectivity index is 2.17. The van der Waals surface area contributed by atoms with Crippen LogP contribution in [0.4, 0.5) is 5.69 Å². The Kier molecular flexibility index (Phi) is 4.48. The molecule has 0 spiro atoms. The average molecular weight is 295 g/mol. The molecule has 0 atom stereocenters. The van der Waals surface area contributed by atoms with E-state index in [1.165, 1.54) is 0 Å². The van der Waals surface area contributed by atoms with Gasteiger partial charge in [0.1, 0.15) is 6.07 Å². The van der Waals surface area contributed by atoms with Crippen LogP contribution in [-0.4, -0.2) is 30.8 Å². The van der Waals surface area contributed by atoms with Gasteiger partial charge in [0.25, 0.3) is 0 Å². The quantitative estimate of drug-likeness (QED) is 0.891. The third-order valence-corrected chi connectivity index (χ3v) is 3.96. The molecule has 1 aromatic carbocycles. The number of hydrogen-bond donors (Lipinski definition) is 2. The van der Waals surface area contributed by atoms with Crippen LogP contribution in [0.25, 0.3) is 0 Å². The molecular weight excluding hydrogens is 280 g/mol. The number of hydrogen-bond acceptors (Lipinski definition) is 4. The van der Waals surface area contributed by atoms with Crippen LogP contribution < -0.4 is 5.32 Å². The molecule has 1 aromatic rings. The van der Waals surface area contributed by atoms with E-state index in [0.29, 0.717) is 42.3 Å². The molecular formula is C14H15ClN2O3. The lowest BCUT2D eigenvalue weighted by atomic mass is 9.80. The Labute approximate surface area is 122 Å². The number of carboxylic acid groups (broad SMARTS) is 1. The molecule has 1 saturated heterocycles. The SMILES string of the molecule is N#Cc1c(Cl)cccc1NCC1(C(=O)O)CCOCC1. The number of benzene rings is 1. The highest BCUT2D eigenvalue weighted by molar-refractivity contribution is 6.32. The third kappa shape index (κ3) is 2.87. The number of nitrogens with zero attached hydrogens (tertiary/aromatic N) is 1. The Morgan fingerprint density at radius 2 is 2.20 bits per heavy atom. The summed E-state index contributed by atoms with van der Waals surface area (Å²) in [5, 5.41) is 22.0. The third-order valence-electron chi connectivity index (χ3n) is 3.65. The van der Waals surface area contributed by atoms with E-state index in [4.69, 9.17) is 21.6 Å². The van der Waals surface area contributed by atoms with Crippen molar-refractivity contribution in [3.8, 4) is 6.07 Å². The maximum atomic E-state index is 11.5. The summed E-state index contributed by atoms with van der Waals surface area (Å²) in [5.41, 5.74) is 0.0432. The molecule has 0 aliphatic carbocycles. The van der Waals surface area contributed by atoms with Gasteiger partial charge in [-0.3, -0.25) is 4.79 Å². The molecule has 0 bridgehead atoms. The second kappa shape index (κ2) is 6.12. The molecule has 0 aromatic heterocycles. The largest absolute Gasteiger partial charge is 0.481 e. The molecule has 0 radical (unpaired) electrons. The minimum atomic E-state index is -0.854. The zero-order chi connectivity index (χ0) is 14.6. The number of nitriles is 1. The predicted octanol–water partition coefficient (Wildman–Crippen LogP) is 2.50. The Morgan fingerprint density at radius 3 is 2.80 bits per heavy atom. The first-order valence-electron chi connectivity index (χ1n) is 6.33. The normalized spacial score (nSPS) is 17.2. The highest BCUT2D eigenvalue weighted by Gasteiger charge is 2.40. The van der Waals surface area contributed by atoms with Crippen LogP contribution in [0.1, 0.15) is 18.4 Å². The first-order valence-corrected chi connectivity index (χ1v) is 6.70. The number of ether oxygens (including phenoxy) is 1. The summed E-state index contributed by atoms with van der Waals surface area (Å²) < 4.78 is 5.23. The second-order valence-corrected chi connectivity index (χ2v) is 5.23. The van der Waals surface area contributed by atoms with Crippen molar-refractivity contribution in [2.24, 2.45) is 5.41 Å². The number of rotatable bonds is 4. The summed E-state index contributed by atoms with van der Waals surface area (Å²) in [6.07, 6.45) is 0.912. The maximum absolute atomic E-state index is 11.5. The van der Waals surface area contributed by atoms with Crippen molar-refractivity contribution in [2.45, 2.75) is 12.8 Å². The molecule has 106 valence electrons. The van der Waals surface area contributed by atoms with Gasteiger partial charge in [-0.1, -0.05) is 17.7 Å². The van der Waals surface area contributed by atoms with Crippen molar-refractivity contribution in [1.82, 2.24) is 0 Å². The fourth-order valence-electron chi connectivity index (χ4n) is 2.28. The van der Waals surface area contributed by atoms with Crippen molar-refractivity contribution in [3.63, 3.8) is 0 Å². The van der Waals surface area contributed by atoms with Crippen LogP contribution >= 0.6 is 11.6 Å². The van der Waals surface area contributed by atoms with Gasteiger partial charge in [-0.15, -0.1) is 0 Å². The van der Waals surface area contributed by atoms with Crippen molar-refractivity contribution < 1.29 is 14.6 Å². The van der Waals surface area contributed by atoms with E-state index in [1.54, 1.807) is 18.2 Å². The van der Waals surface area contributed by atoms with Gasteiger partial charge in [0.15, 0.2) is 0 Å². The van der Waals surface area contributed by atoms with E-state index >= 15 is 0 Å². The van der Waals surface area contributed by atoms with Gasteiger partial charge >= 0.3 is 5.97 Å². The average Bonchev–Trinajstić information content (AvgIpc) is 2.46. The number of carboxylic acids is 1. The minimum Gasteiger partial charge on any atom is -0.481 e. The topological polar surface area (TPSA) is 82.4 Å². The molecule has 2 N–H and O–H groups in total. The van der Waals surface area contributed by atoms with Crippen LogP contribution in [-0.2, 0) is 9.53 Å². The van der Waals surface area contributed by atoms with E-state index in [-0.39, 0.29) is 6.54 Å². The summed E-state index contributed by atoms with van der Waals surface area (Å²) in [7, 11) is 0. The van der Waals surface area contributed by atoms with E-state index < -0.39 is 11.4 Å². The van der Waals surface area contributed by atoms with Gasteiger partial charge in [-0.05, 0) is 25.0 Å². The van der Waals surface area contributed by atoms with Crippen molar-refractivity contribution in [1.29, 1.82) is 5.26 Å². The van der Waals surface area contributed by atoms with Gasteiger partial charge in [-0.2, -0.15) is 5.26 Å². The van der Waals surface area contributed by atoms with Gasteiger partial charge in [0.05, 0.1) is 21.7 Å². The fraction of sp³-hybridized carbons (Fsp3) is 0.429. The molecule has 20 heavy (non-hydrogen) atoms. The standard InChI is InChI=1S/C14H15ClN2O3/c15-11-2-1-3-12(10(11)8-16)17-9-14(13(18)19)4-6-20-7-5-14/h1-3,17H,4-7,9H2,(H,18,19). The number of nitrogens with one attached hydrogen (secondary N) is 1. The summed E-state index contributed by atoms with van der Waals surface area (Å²) in [4.78, 5) is 11.5. The predicted molar refractivity (Wildman–Crippen MR) is 74.8 cm³/mol. The van der Waals surface area contributed by atoms with Gasteiger partial charge in [-0.25, -0.2) is 0 Å². The molecule has 0 amide bonds. The molecule has 0 unspecified atom stereocenters. The molecule has 1 heterocycles. The Hall–Kier alpha value is -1.77. The van der Waals surface area contributed by atoms with Crippen LogP contribution in [0, 0.1) is 16.7 Å². The van der Waals surface area contributed by atoms with E-state index in [0.717, 1.165) is 0 Å². The van der Waals surface area contributed by atoms with Crippen LogP contribution in [0.2, 0.25) is 5.02 Å². The molecule has 1 fully saturated rings. The van der Waals surface area contributed by atoms with Crippen LogP contribution in [0.15, 0.2) is 18.2 Å². The smallest absolute Gasteiger partial charge is 0.311 e.